The molecule has 0 amide bonds. The summed E-state index contributed by atoms with van der Waals surface area (Å²) < 4.78 is 44.7. The van der Waals surface area contributed by atoms with E-state index >= 15 is 0 Å². The first kappa shape index (κ1) is 19.9. The van der Waals surface area contributed by atoms with Gasteiger partial charge in [-0.1, -0.05) is 12.1 Å². The number of carbonyl (C=O) groups excluding carboxylic acids is 1. The van der Waals surface area contributed by atoms with Gasteiger partial charge in [0.05, 0.1) is 26.1 Å². The number of rotatable bonds is 6. The van der Waals surface area contributed by atoms with Crippen LogP contribution in [0.5, 0.6) is 11.5 Å². The minimum Gasteiger partial charge on any atom is -0.497 e. The smallest absolute Gasteiger partial charge is 0.343 e. The molecule has 8 nitrogen and oxygen atoms in total. The zero-order chi connectivity index (χ0) is 21.3. The number of halogens is 2. The van der Waals surface area contributed by atoms with Gasteiger partial charge in [-0.3, -0.25) is 0 Å². The highest BCUT2D eigenvalue weighted by molar-refractivity contribution is 5.95. The number of anilines is 1. The number of benzene rings is 1. The second-order valence-corrected chi connectivity index (χ2v) is 6.66. The van der Waals surface area contributed by atoms with E-state index in [1.165, 1.54) is 21.8 Å². The summed E-state index contributed by atoms with van der Waals surface area (Å²) in [5.74, 6) is 0.626. The summed E-state index contributed by atoms with van der Waals surface area (Å²) in [6.07, 6.45) is 0.219. The van der Waals surface area contributed by atoms with Crippen molar-refractivity contribution in [2.24, 2.45) is 0 Å². The highest BCUT2D eigenvalue weighted by Gasteiger charge is 2.36. The second kappa shape index (κ2) is 8.13. The zero-order valence-electron chi connectivity index (χ0n) is 16.4. The van der Waals surface area contributed by atoms with Crippen molar-refractivity contribution in [1.82, 2.24) is 14.6 Å². The Balaban J connectivity index is 1.76. The van der Waals surface area contributed by atoms with Gasteiger partial charge < -0.3 is 19.1 Å². The summed E-state index contributed by atoms with van der Waals surface area (Å²) in [6.45, 7) is 1.87. The lowest BCUT2D eigenvalue weighted by Crippen LogP contribution is -2.47. The van der Waals surface area contributed by atoms with Crippen molar-refractivity contribution < 1.29 is 27.8 Å². The van der Waals surface area contributed by atoms with Crippen molar-refractivity contribution in [3.8, 4) is 11.5 Å². The molecular weight excluding hydrogens is 398 g/mol. The van der Waals surface area contributed by atoms with Crippen molar-refractivity contribution in [2.75, 3.05) is 25.2 Å². The number of aromatic nitrogens is 3. The molecule has 158 valence electrons. The van der Waals surface area contributed by atoms with E-state index in [1.807, 2.05) is 0 Å². The fourth-order valence-electron chi connectivity index (χ4n) is 3.30. The largest absolute Gasteiger partial charge is 0.497 e. The molecule has 1 atom stereocenters. The van der Waals surface area contributed by atoms with Crippen LogP contribution in [0.2, 0.25) is 0 Å². The summed E-state index contributed by atoms with van der Waals surface area (Å²) in [5.41, 5.74) is 1.17. The molecule has 4 rings (SSSR count). The first-order valence-electron chi connectivity index (χ1n) is 9.37. The molecular formula is C20H20F2N4O4. The number of hydrogen-bond acceptors (Lipinski definition) is 7. The van der Waals surface area contributed by atoms with Crippen molar-refractivity contribution >= 4 is 17.4 Å². The first-order chi connectivity index (χ1) is 14.5. The maximum Gasteiger partial charge on any atom is 0.343 e. The molecule has 30 heavy (non-hydrogen) atoms. The average molecular weight is 418 g/mol. The minimum atomic E-state index is -2.65. The van der Waals surface area contributed by atoms with Gasteiger partial charge in [0.15, 0.2) is 17.2 Å². The Hall–Kier alpha value is -3.43. The predicted molar refractivity (Wildman–Crippen MR) is 103 cm³/mol. The van der Waals surface area contributed by atoms with E-state index in [0.717, 1.165) is 5.56 Å². The lowest BCUT2D eigenvalue weighted by atomic mass is 10.1. The summed E-state index contributed by atoms with van der Waals surface area (Å²) in [5, 5.41) is 4.11. The third kappa shape index (κ3) is 3.60. The van der Waals surface area contributed by atoms with Crippen molar-refractivity contribution in [3.63, 3.8) is 0 Å². The highest BCUT2D eigenvalue weighted by Crippen LogP contribution is 2.36. The Morgan fingerprint density at radius 3 is 2.77 bits per heavy atom. The normalized spacial score (nSPS) is 15.8. The van der Waals surface area contributed by atoms with Crippen LogP contribution in [0.1, 0.15) is 22.8 Å². The fraction of sp³-hybridized carbons (Fsp3) is 0.350. The van der Waals surface area contributed by atoms with E-state index in [9.17, 15) is 13.6 Å². The number of hydrogen-bond donors (Lipinski definition) is 0. The zero-order valence-corrected chi connectivity index (χ0v) is 16.4. The molecule has 3 aromatic rings. The van der Waals surface area contributed by atoms with Gasteiger partial charge in [0.1, 0.15) is 24.0 Å². The summed E-state index contributed by atoms with van der Waals surface area (Å²) >= 11 is 0. The molecule has 1 aliphatic rings. The van der Waals surface area contributed by atoms with Crippen molar-refractivity contribution in [1.29, 1.82) is 0 Å². The standard InChI is InChI=1S/C20H20F2N4O4/c1-3-29-20(27)14-8-23-26-10-16-19(24-18(14)26)25(15(11-30-16)17(21)22)9-12-4-6-13(28-2)7-5-12/h4-8,10,15,17H,3,9,11H2,1-2H3/t15-/m0/s1. The molecule has 0 spiro atoms. The molecule has 0 saturated carbocycles. The number of fused-ring (bicyclic) bond motifs is 2. The molecule has 1 aromatic carbocycles. The molecule has 10 heteroatoms. The predicted octanol–water partition coefficient (Wildman–Crippen LogP) is 2.95. The Morgan fingerprint density at radius 1 is 1.33 bits per heavy atom. The SMILES string of the molecule is CCOC(=O)c1cnn2cc3c(nc12)N(Cc1ccc(OC)cc1)[C@H](C(F)F)CO3. The van der Waals surface area contributed by atoms with Crippen LogP contribution in [0.15, 0.2) is 36.7 Å². The number of ether oxygens (including phenoxy) is 3. The third-order valence-corrected chi connectivity index (χ3v) is 4.82. The van der Waals surface area contributed by atoms with Gasteiger partial charge in [0.25, 0.3) is 6.43 Å². The lowest BCUT2D eigenvalue weighted by Gasteiger charge is -2.37. The molecule has 0 N–H and O–H groups in total. The topological polar surface area (TPSA) is 78.2 Å². The summed E-state index contributed by atoms with van der Waals surface area (Å²) in [6, 6.07) is 5.94. The third-order valence-electron chi connectivity index (χ3n) is 4.82. The van der Waals surface area contributed by atoms with Gasteiger partial charge in [-0.25, -0.2) is 23.1 Å². The van der Waals surface area contributed by atoms with Gasteiger partial charge in [0.2, 0.25) is 0 Å². The molecule has 0 unspecified atom stereocenters. The lowest BCUT2D eigenvalue weighted by molar-refractivity contribution is 0.0528. The van der Waals surface area contributed by atoms with Crippen LogP contribution in [-0.2, 0) is 11.3 Å². The van der Waals surface area contributed by atoms with Gasteiger partial charge in [-0.05, 0) is 24.6 Å². The molecule has 0 fully saturated rings. The maximum absolute atomic E-state index is 13.8. The van der Waals surface area contributed by atoms with Crippen LogP contribution < -0.4 is 14.4 Å². The Kier molecular flexibility index (Phi) is 5.39. The minimum absolute atomic E-state index is 0.156. The number of esters is 1. The Bertz CT molecular complexity index is 1050. The monoisotopic (exact) mass is 418 g/mol. The van der Waals surface area contributed by atoms with Crippen LogP contribution in [0, 0.1) is 0 Å². The molecule has 2 aromatic heterocycles. The fourth-order valence-corrected chi connectivity index (χ4v) is 3.30. The first-order valence-corrected chi connectivity index (χ1v) is 9.37. The molecule has 3 heterocycles. The van der Waals surface area contributed by atoms with Crippen LogP contribution in [0.25, 0.3) is 5.65 Å². The number of alkyl halides is 2. The maximum atomic E-state index is 13.8. The number of carbonyl (C=O) groups is 1. The Morgan fingerprint density at radius 2 is 2.10 bits per heavy atom. The van der Waals surface area contributed by atoms with Crippen molar-refractivity contribution in [3.05, 3.63) is 47.8 Å². The van der Waals surface area contributed by atoms with E-state index in [0.29, 0.717) is 11.5 Å². The molecule has 0 radical (unpaired) electrons. The van der Waals surface area contributed by atoms with E-state index in [1.54, 1.807) is 38.3 Å². The van der Waals surface area contributed by atoms with Gasteiger partial charge >= 0.3 is 5.97 Å². The van der Waals surface area contributed by atoms with E-state index < -0.39 is 18.4 Å². The van der Waals surface area contributed by atoms with E-state index in [-0.39, 0.29) is 36.8 Å². The highest BCUT2D eigenvalue weighted by atomic mass is 19.3. The summed E-state index contributed by atoms with van der Waals surface area (Å²) in [4.78, 5) is 18.2. The summed E-state index contributed by atoms with van der Waals surface area (Å²) in [7, 11) is 1.56. The van der Waals surface area contributed by atoms with Crippen LogP contribution in [0.4, 0.5) is 14.6 Å². The molecule has 0 aliphatic carbocycles. The second-order valence-electron chi connectivity index (χ2n) is 6.66. The number of methoxy groups -OCH3 is 1. The quantitative estimate of drug-likeness (QED) is 0.570. The van der Waals surface area contributed by atoms with E-state index in [4.69, 9.17) is 14.2 Å². The van der Waals surface area contributed by atoms with Gasteiger partial charge in [0, 0.05) is 6.54 Å². The van der Waals surface area contributed by atoms with Crippen LogP contribution in [0.3, 0.4) is 0 Å². The van der Waals surface area contributed by atoms with Crippen molar-refractivity contribution in [2.45, 2.75) is 25.9 Å². The van der Waals surface area contributed by atoms with E-state index in [2.05, 4.69) is 10.1 Å². The van der Waals surface area contributed by atoms with Crippen LogP contribution in [-0.4, -0.2) is 53.4 Å². The molecule has 0 saturated heterocycles. The van der Waals surface area contributed by atoms with Gasteiger partial charge in [-0.2, -0.15) is 5.10 Å². The average Bonchev–Trinajstić information content (AvgIpc) is 3.16. The Labute approximate surface area is 171 Å². The molecule has 0 bridgehead atoms. The van der Waals surface area contributed by atoms with Crippen LogP contribution >= 0.6 is 0 Å². The molecule has 1 aliphatic heterocycles. The number of nitrogens with zero attached hydrogens (tertiary/aromatic N) is 4. The van der Waals surface area contributed by atoms with Gasteiger partial charge in [-0.15, -0.1) is 0 Å².